The third kappa shape index (κ3) is 3.65. The molecule has 4 nitrogen and oxygen atoms in total. The number of fused-ring (bicyclic) bond motifs is 3. The van der Waals surface area contributed by atoms with Gasteiger partial charge in [0.05, 0.1) is 21.3 Å². The summed E-state index contributed by atoms with van der Waals surface area (Å²) in [5.74, 6) is 2.24. The summed E-state index contributed by atoms with van der Waals surface area (Å²) in [6.07, 6.45) is 7.92. The highest BCUT2D eigenvalue weighted by Crippen LogP contribution is 2.45. The highest BCUT2D eigenvalue weighted by molar-refractivity contribution is 5.87. The SMILES string of the molecule is CC.COC1=CC=C2C(=CC1O)CCCc1cc(OC)c(C)c(OC)c12. The van der Waals surface area contributed by atoms with Crippen LogP contribution < -0.4 is 9.47 Å². The lowest BCUT2D eigenvalue weighted by Crippen LogP contribution is -2.08. The van der Waals surface area contributed by atoms with Gasteiger partial charge in [-0.2, -0.15) is 0 Å². The van der Waals surface area contributed by atoms with E-state index in [1.807, 2.05) is 39.0 Å². The molecule has 1 aromatic rings. The number of hydrogen-bond donors (Lipinski definition) is 1. The standard InChI is InChI=1S/C20H24O4.C2H6/c1-12-18(23-3)11-14-7-5-6-13-10-16(21)17(22-2)9-8-15(13)19(14)20(12)24-4;1-2/h8-11,16,21H,5-7H2,1-4H3;1-2H3. The van der Waals surface area contributed by atoms with E-state index in [1.165, 1.54) is 5.56 Å². The summed E-state index contributed by atoms with van der Waals surface area (Å²) in [7, 11) is 4.96. The molecule has 4 heteroatoms. The highest BCUT2D eigenvalue weighted by atomic mass is 16.5. The molecule has 1 aromatic carbocycles. The Morgan fingerprint density at radius 2 is 1.73 bits per heavy atom. The van der Waals surface area contributed by atoms with Crippen LogP contribution in [0.1, 0.15) is 43.4 Å². The quantitative estimate of drug-likeness (QED) is 0.858. The first-order valence-electron chi connectivity index (χ1n) is 9.20. The third-order valence-electron chi connectivity index (χ3n) is 4.80. The maximum atomic E-state index is 10.3. The second-order valence-corrected chi connectivity index (χ2v) is 6.11. The van der Waals surface area contributed by atoms with Gasteiger partial charge in [0.25, 0.3) is 0 Å². The highest BCUT2D eigenvalue weighted by Gasteiger charge is 2.26. The van der Waals surface area contributed by atoms with E-state index in [-0.39, 0.29) is 0 Å². The Balaban J connectivity index is 0.00000117. The number of aryl methyl sites for hydroxylation is 1. The summed E-state index contributed by atoms with van der Waals surface area (Å²) in [6, 6.07) is 2.11. The Kier molecular flexibility index (Phi) is 6.92. The monoisotopic (exact) mass is 358 g/mol. The summed E-state index contributed by atoms with van der Waals surface area (Å²) in [4.78, 5) is 0. The zero-order valence-corrected chi connectivity index (χ0v) is 16.7. The average Bonchev–Trinajstić information content (AvgIpc) is 2.92. The molecule has 1 N–H and O–H groups in total. The fourth-order valence-electron chi connectivity index (χ4n) is 3.60. The maximum Gasteiger partial charge on any atom is 0.133 e. The number of ether oxygens (including phenoxy) is 3. The summed E-state index contributed by atoms with van der Waals surface area (Å²) in [5.41, 5.74) is 5.53. The first-order valence-corrected chi connectivity index (χ1v) is 9.20. The second kappa shape index (κ2) is 8.95. The summed E-state index contributed by atoms with van der Waals surface area (Å²) in [6.45, 7) is 6.01. The average molecular weight is 358 g/mol. The lowest BCUT2D eigenvalue weighted by molar-refractivity contribution is 0.161. The van der Waals surface area contributed by atoms with Crippen molar-refractivity contribution in [1.82, 2.24) is 0 Å². The van der Waals surface area contributed by atoms with E-state index in [0.717, 1.165) is 53.0 Å². The van der Waals surface area contributed by atoms with Gasteiger partial charge in [-0.05, 0) is 61.1 Å². The smallest absolute Gasteiger partial charge is 0.133 e. The molecular formula is C22H30O4. The minimum atomic E-state index is -0.717. The van der Waals surface area contributed by atoms with Crippen molar-refractivity contribution >= 4 is 5.57 Å². The molecule has 1 unspecified atom stereocenters. The van der Waals surface area contributed by atoms with Crippen LogP contribution in [-0.2, 0) is 11.2 Å². The van der Waals surface area contributed by atoms with Crippen molar-refractivity contribution in [3.63, 3.8) is 0 Å². The molecule has 1 atom stereocenters. The first-order chi connectivity index (χ1) is 12.6. The third-order valence-corrected chi connectivity index (χ3v) is 4.80. The second-order valence-electron chi connectivity index (χ2n) is 6.11. The molecule has 2 aliphatic rings. The molecule has 3 rings (SSSR count). The van der Waals surface area contributed by atoms with E-state index in [2.05, 4.69) is 6.07 Å². The maximum absolute atomic E-state index is 10.3. The Morgan fingerprint density at radius 1 is 1.00 bits per heavy atom. The van der Waals surface area contributed by atoms with Gasteiger partial charge in [-0.25, -0.2) is 0 Å². The Hall–Kier alpha value is -2.20. The molecule has 0 heterocycles. The van der Waals surface area contributed by atoms with E-state index in [1.54, 1.807) is 21.3 Å². The van der Waals surface area contributed by atoms with Crippen LogP contribution in [0.4, 0.5) is 0 Å². The van der Waals surface area contributed by atoms with E-state index >= 15 is 0 Å². The number of aliphatic hydroxyl groups is 1. The van der Waals surface area contributed by atoms with Crippen molar-refractivity contribution in [2.24, 2.45) is 0 Å². The van der Waals surface area contributed by atoms with Gasteiger partial charge < -0.3 is 19.3 Å². The van der Waals surface area contributed by atoms with Gasteiger partial charge in [0, 0.05) is 11.1 Å². The Labute approximate surface area is 156 Å². The van der Waals surface area contributed by atoms with E-state index in [9.17, 15) is 5.11 Å². The number of hydrogen-bond acceptors (Lipinski definition) is 4. The predicted octanol–water partition coefficient (Wildman–Crippen LogP) is 4.59. The van der Waals surface area contributed by atoms with Crippen LogP contribution in [0.25, 0.3) is 5.57 Å². The lowest BCUT2D eigenvalue weighted by Gasteiger charge is -2.19. The predicted molar refractivity (Wildman–Crippen MR) is 106 cm³/mol. The zero-order chi connectivity index (χ0) is 19.3. The molecule has 0 spiro atoms. The van der Waals surface area contributed by atoms with Gasteiger partial charge in [0.2, 0.25) is 0 Å². The van der Waals surface area contributed by atoms with Crippen molar-refractivity contribution in [3.05, 3.63) is 52.3 Å². The Morgan fingerprint density at radius 3 is 2.35 bits per heavy atom. The van der Waals surface area contributed by atoms with Gasteiger partial charge >= 0.3 is 0 Å². The molecule has 2 aliphatic carbocycles. The van der Waals surface area contributed by atoms with Crippen molar-refractivity contribution in [3.8, 4) is 11.5 Å². The first kappa shape index (κ1) is 20.1. The van der Waals surface area contributed by atoms with Gasteiger partial charge in [0.15, 0.2) is 0 Å². The van der Waals surface area contributed by atoms with Gasteiger partial charge in [-0.3, -0.25) is 0 Å². The molecule has 0 bridgehead atoms. The van der Waals surface area contributed by atoms with E-state index in [4.69, 9.17) is 14.2 Å². The summed E-state index contributed by atoms with van der Waals surface area (Å²) >= 11 is 0. The molecule has 0 fully saturated rings. The van der Waals surface area contributed by atoms with Crippen LogP contribution in [0.3, 0.4) is 0 Å². The topological polar surface area (TPSA) is 47.9 Å². The van der Waals surface area contributed by atoms with Crippen LogP contribution in [0.5, 0.6) is 11.5 Å². The van der Waals surface area contributed by atoms with Crippen molar-refractivity contribution in [2.75, 3.05) is 21.3 Å². The molecular weight excluding hydrogens is 328 g/mol. The van der Waals surface area contributed by atoms with Crippen LogP contribution in [0, 0.1) is 6.92 Å². The fraction of sp³-hybridized carbons (Fsp3) is 0.455. The van der Waals surface area contributed by atoms with Crippen LogP contribution in [0.15, 0.2) is 35.6 Å². The van der Waals surface area contributed by atoms with Crippen LogP contribution in [-0.4, -0.2) is 32.5 Å². The molecule has 142 valence electrons. The molecule has 0 radical (unpaired) electrons. The van der Waals surface area contributed by atoms with Crippen LogP contribution in [0.2, 0.25) is 0 Å². The zero-order valence-electron chi connectivity index (χ0n) is 16.7. The molecule has 26 heavy (non-hydrogen) atoms. The number of aliphatic hydroxyl groups excluding tert-OH is 1. The van der Waals surface area contributed by atoms with Gasteiger partial charge in [-0.15, -0.1) is 0 Å². The van der Waals surface area contributed by atoms with Gasteiger partial charge in [-0.1, -0.05) is 19.9 Å². The number of methoxy groups -OCH3 is 3. The number of rotatable bonds is 3. The molecule has 0 saturated heterocycles. The fourth-order valence-corrected chi connectivity index (χ4v) is 3.60. The van der Waals surface area contributed by atoms with Gasteiger partial charge in [0.1, 0.15) is 23.4 Å². The van der Waals surface area contributed by atoms with Crippen molar-refractivity contribution < 1.29 is 19.3 Å². The Bertz CT molecular complexity index is 741. The molecule has 0 aliphatic heterocycles. The molecule has 0 aromatic heterocycles. The van der Waals surface area contributed by atoms with Crippen molar-refractivity contribution in [2.45, 2.75) is 46.1 Å². The molecule has 0 saturated carbocycles. The summed E-state index contributed by atoms with van der Waals surface area (Å²) in [5, 5.41) is 10.3. The minimum absolute atomic E-state index is 0.550. The van der Waals surface area contributed by atoms with E-state index in [0.29, 0.717) is 5.76 Å². The van der Waals surface area contributed by atoms with E-state index < -0.39 is 6.10 Å². The number of allylic oxidation sites excluding steroid dienone is 4. The van der Waals surface area contributed by atoms with Crippen molar-refractivity contribution in [1.29, 1.82) is 0 Å². The normalized spacial score (nSPS) is 18.4. The number of benzene rings is 1. The summed E-state index contributed by atoms with van der Waals surface area (Å²) < 4.78 is 16.6. The largest absolute Gasteiger partial charge is 0.498 e. The van der Waals surface area contributed by atoms with Crippen LogP contribution >= 0.6 is 0 Å². The molecule has 0 amide bonds. The minimum Gasteiger partial charge on any atom is -0.498 e. The lowest BCUT2D eigenvalue weighted by atomic mass is 9.91.